The van der Waals surface area contributed by atoms with Crippen molar-refractivity contribution in [2.45, 2.75) is 58.5 Å². The topological polar surface area (TPSA) is 103 Å². The smallest absolute Gasteiger partial charge is 0.338 e. The normalized spacial score (nSPS) is 26.0. The van der Waals surface area contributed by atoms with Gasteiger partial charge in [0, 0.05) is 24.0 Å². The summed E-state index contributed by atoms with van der Waals surface area (Å²) in [6.45, 7) is 8.11. The largest absolute Gasteiger partial charge is 0.453 e. The quantitative estimate of drug-likeness (QED) is 0.160. The van der Waals surface area contributed by atoms with Gasteiger partial charge in [0.05, 0.1) is 24.9 Å². The molecule has 1 saturated heterocycles. The zero-order valence-corrected chi connectivity index (χ0v) is 18.1. The molecule has 0 spiro atoms. The van der Waals surface area contributed by atoms with Gasteiger partial charge in [-0.2, -0.15) is 0 Å². The van der Waals surface area contributed by atoms with Crippen molar-refractivity contribution in [1.29, 1.82) is 0 Å². The minimum absolute atomic E-state index is 0.0540. The Hall–Kier alpha value is -2.12. The molecule has 0 aromatic heterocycles. The summed E-state index contributed by atoms with van der Waals surface area (Å²) in [5.74, 6) is -0.0261. The van der Waals surface area contributed by atoms with Crippen molar-refractivity contribution in [3.63, 3.8) is 0 Å². The minimum atomic E-state index is -0.623. The molecule has 8 nitrogen and oxygen atoms in total. The molecule has 166 valence electrons. The number of azide groups is 1. The molecule has 1 heterocycles. The van der Waals surface area contributed by atoms with E-state index in [0.29, 0.717) is 31.9 Å². The van der Waals surface area contributed by atoms with Gasteiger partial charge in [-0.1, -0.05) is 44.1 Å². The van der Waals surface area contributed by atoms with Crippen LogP contribution in [0, 0.1) is 11.8 Å². The number of hydrogen-bond donors (Lipinski definition) is 0. The zero-order chi connectivity index (χ0) is 21.8. The van der Waals surface area contributed by atoms with Crippen LogP contribution in [0.3, 0.4) is 0 Å². The monoisotopic (exact) mass is 419 g/mol. The summed E-state index contributed by atoms with van der Waals surface area (Å²) in [6, 6.07) is 8.96. The molecular weight excluding hydrogens is 386 g/mol. The number of carbonyl (C=O) groups is 1. The maximum atomic E-state index is 12.6. The number of nitrogens with zero attached hydrogens (tertiary/aromatic N) is 3. The van der Waals surface area contributed by atoms with E-state index in [1.807, 2.05) is 18.2 Å². The molecule has 5 atom stereocenters. The fraction of sp³-hybridized carbons (Fsp3) is 0.682. The van der Waals surface area contributed by atoms with Crippen molar-refractivity contribution in [3.05, 3.63) is 46.3 Å². The van der Waals surface area contributed by atoms with Crippen LogP contribution >= 0.6 is 0 Å². The molecule has 2 unspecified atom stereocenters. The second kappa shape index (κ2) is 13.2. The van der Waals surface area contributed by atoms with E-state index in [2.05, 4.69) is 30.8 Å². The van der Waals surface area contributed by atoms with Gasteiger partial charge < -0.3 is 18.9 Å². The molecule has 1 aliphatic rings. The van der Waals surface area contributed by atoms with Crippen molar-refractivity contribution >= 4 is 5.97 Å². The molecular formula is C22H33N3O5. The van der Waals surface area contributed by atoms with Crippen molar-refractivity contribution in [2.75, 3.05) is 26.4 Å². The third kappa shape index (κ3) is 7.29. The third-order valence-corrected chi connectivity index (χ3v) is 5.54. The summed E-state index contributed by atoms with van der Waals surface area (Å²) >= 11 is 0. The molecule has 0 aliphatic carbocycles. The summed E-state index contributed by atoms with van der Waals surface area (Å²) in [7, 11) is 0. The standard InChI is InChI=1S/C22H33N3O5/c1-4-19-16(2)17(3)20(30-21(26)18-10-6-5-7-11-18)22(29-19)28-15-14-27-13-9-8-12-24-25-23/h5-7,10-11,16-17,19-20,22H,4,8-9,12-15H2,1-3H3/t16-,17-,19?,20?,22-/m0/s1. The molecule has 1 aliphatic heterocycles. The summed E-state index contributed by atoms with van der Waals surface area (Å²) in [5.41, 5.74) is 8.75. The van der Waals surface area contributed by atoms with Crippen LogP contribution in [-0.2, 0) is 18.9 Å². The molecule has 0 amide bonds. The Labute approximate surface area is 178 Å². The van der Waals surface area contributed by atoms with Crippen LogP contribution < -0.4 is 0 Å². The predicted molar refractivity (Wildman–Crippen MR) is 113 cm³/mol. The predicted octanol–water partition coefficient (Wildman–Crippen LogP) is 4.74. The van der Waals surface area contributed by atoms with Gasteiger partial charge in [0.25, 0.3) is 0 Å². The molecule has 8 heteroatoms. The molecule has 1 aromatic rings. The summed E-state index contributed by atoms with van der Waals surface area (Å²) in [6.07, 6.45) is 1.43. The maximum Gasteiger partial charge on any atom is 0.338 e. The molecule has 0 bridgehead atoms. The first-order valence-electron chi connectivity index (χ1n) is 10.7. The number of benzene rings is 1. The van der Waals surface area contributed by atoms with Gasteiger partial charge in [0.2, 0.25) is 0 Å². The highest BCUT2D eigenvalue weighted by atomic mass is 16.7. The summed E-state index contributed by atoms with van der Waals surface area (Å²) < 4.78 is 23.5. The Morgan fingerprint density at radius 1 is 1.13 bits per heavy atom. The Morgan fingerprint density at radius 2 is 1.90 bits per heavy atom. The average Bonchev–Trinajstić information content (AvgIpc) is 2.77. The van der Waals surface area contributed by atoms with Crippen molar-refractivity contribution < 1.29 is 23.7 Å². The van der Waals surface area contributed by atoms with E-state index in [9.17, 15) is 4.79 Å². The Balaban J connectivity index is 1.87. The van der Waals surface area contributed by atoms with E-state index in [0.717, 1.165) is 19.3 Å². The lowest BCUT2D eigenvalue weighted by atomic mass is 9.82. The van der Waals surface area contributed by atoms with E-state index in [-0.39, 0.29) is 23.9 Å². The number of rotatable bonds is 12. The fourth-order valence-corrected chi connectivity index (χ4v) is 3.55. The lowest BCUT2D eigenvalue weighted by Crippen LogP contribution is -2.52. The third-order valence-electron chi connectivity index (χ3n) is 5.54. The first-order chi connectivity index (χ1) is 14.6. The SMILES string of the molecule is CCC1O[C@H](OCCOCCCCN=[N+]=[N-])C(OC(=O)c2ccccc2)[C@@H](C)[C@@H]1C. The van der Waals surface area contributed by atoms with Crippen molar-refractivity contribution in [1.82, 2.24) is 0 Å². The van der Waals surface area contributed by atoms with E-state index in [1.54, 1.807) is 12.1 Å². The van der Waals surface area contributed by atoms with Crippen LogP contribution in [0.5, 0.6) is 0 Å². The molecule has 30 heavy (non-hydrogen) atoms. The molecule has 0 saturated carbocycles. The van der Waals surface area contributed by atoms with Crippen molar-refractivity contribution in [3.8, 4) is 0 Å². The van der Waals surface area contributed by atoms with Gasteiger partial charge in [-0.05, 0) is 42.8 Å². The Kier molecular flexibility index (Phi) is 10.7. The van der Waals surface area contributed by atoms with Crippen LogP contribution in [0.4, 0.5) is 0 Å². The first-order valence-corrected chi connectivity index (χ1v) is 10.7. The van der Waals surface area contributed by atoms with Crippen LogP contribution in [-0.4, -0.2) is 50.8 Å². The highest BCUT2D eigenvalue weighted by Gasteiger charge is 2.43. The number of unbranched alkanes of at least 4 members (excludes halogenated alkanes) is 1. The van der Waals surface area contributed by atoms with Gasteiger partial charge in [0.1, 0.15) is 0 Å². The van der Waals surface area contributed by atoms with Crippen LogP contribution in [0.1, 0.15) is 50.4 Å². The molecule has 1 aromatic carbocycles. The Bertz CT molecular complexity index is 681. The van der Waals surface area contributed by atoms with Gasteiger partial charge >= 0.3 is 5.97 Å². The highest BCUT2D eigenvalue weighted by molar-refractivity contribution is 5.89. The maximum absolute atomic E-state index is 12.6. The molecule has 1 fully saturated rings. The van der Waals surface area contributed by atoms with Crippen molar-refractivity contribution in [2.24, 2.45) is 17.0 Å². The van der Waals surface area contributed by atoms with Crippen LogP contribution in [0.2, 0.25) is 0 Å². The second-order valence-corrected chi connectivity index (χ2v) is 7.55. The minimum Gasteiger partial charge on any atom is -0.453 e. The second-order valence-electron chi connectivity index (χ2n) is 7.55. The zero-order valence-electron chi connectivity index (χ0n) is 18.1. The van der Waals surface area contributed by atoms with Gasteiger partial charge in [0.15, 0.2) is 12.4 Å². The van der Waals surface area contributed by atoms with Crippen LogP contribution in [0.15, 0.2) is 35.4 Å². The average molecular weight is 420 g/mol. The Morgan fingerprint density at radius 3 is 2.60 bits per heavy atom. The summed E-state index contributed by atoms with van der Waals surface area (Å²) in [5, 5.41) is 3.49. The van der Waals surface area contributed by atoms with Gasteiger partial charge in [-0.25, -0.2) is 4.79 Å². The number of esters is 1. The van der Waals surface area contributed by atoms with Gasteiger partial charge in [-0.15, -0.1) is 0 Å². The van der Waals surface area contributed by atoms with E-state index in [1.165, 1.54) is 0 Å². The number of hydrogen-bond acceptors (Lipinski definition) is 6. The van der Waals surface area contributed by atoms with E-state index in [4.69, 9.17) is 24.5 Å². The first kappa shape index (κ1) is 24.2. The van der Waals surface area contributed by atoms with E-state index < -0.39 is 12.4 Å². The molecule has 0 N–H and O–H groups in total. The number of carbonyl (C=O) groups excluding carboxylic acids is 1. The highest BCUT2D eigenvalue weighted by Crippen LogP contribution is 2.35. The molecule has 0 radical (unpaired) electrons. The fourth-order valence-electron chi connectivity index (χ4n) is 3.55. The number of ether oxygens (including phenoxy) is 4. The lowest BCUT2D eigenvalue weighted by Gasteiger charge is -2.43. The van der Waals surface area contributed by atoms with E-state index >= 15 is 0 Å². The molecule has 2 rings (SSSR count). The van der Waals surface area contributed by atoms with Crippen LogP contribution in [0.25, 0.3) is 10.4 Å². The van der Waals surface area contributed by atoms with Gasteiger partial charge in [-0.3, -0.25) is 0 Å². The summed E-state index contributed by atoms with van der Waals surface area (Å²) in [4.78, 5) is 15.3. The lowest BCUT2D eigenvalue weighted by molar-refractivity contribution is -0.271.